The van der Waals surface area contributed by atoms with Crippen LogP contribution in [-0.2, 0) is 0 Å². The summed E-state index contributed by atoms with van der Waals surface area (Å²) in [4.78, 5) is 10.9. The van der Waals surface area contributed by atoms with E-state index in [1.165, 1.54) is 12.8 Å². The van der Waals surface area contributed by atoms with Crippen LogP contribution in [0.15, 0.2) is 0 Å². The molecule has 3 nitrogen and oxygen atoms in total. The Morgan fingerprint density at radius 2 is 1.92 bits per heavy atom. The Bertz CT molecular complexity index is 120. The highest BCUT2D eigenvalue weighted by Gasteiger charge is 1.95. The number of amides is 2. The van der Waals surface area contributed by atoms with Gasteiger partial charge in [0, 0.05) is 18.8 Å². The predicted molar refractivity (Wildman–Crippen MR) is 54.8 cm³/mol. The summed E-state index contributed by atoms with van der Waals surface area (Å²) in [7, 11) is 0. The Morgan fingerprint density at radius 1 is 1.25 bits per heavy atom. The molecule has 0 aromatic rings. The van der Waals surface area contributed by atoms with Gasteiger partial charge in [-0.05, 0) is 6.42 Å². The van der Waals surface area contributed by atoms with E-state index in [1.54, 1.807) is 0 Å². The molecule has 0 heterocycles. The lowest BCUT2D eigenvalue weighted by molar-refractivity contribution is 0.241. The van der Waals surface area contributed by atoms with Crippen LogP contribution in [0.25, 0.3) is 0 Å². The SMILES string of the molecule is CCCCCNC(=O)NCCS. The van der Waals surface area contributed by atoms with Crippen molar-refractivity contribution in [3.05, 3.63) is 0 Å². The first-order valence-electron chi connectivity index (χ1n) is 4.43. The topological polar surface area (TPSA) is 41.1 Å². The van der Waals surface area contributed by atoms with Crippen molar-refractivity contribution in [1.82, 2.24) is 10.6 Å². The lowest BCUT2D eigenvalue weighted by atomic mass is 10.2. The maximum absolute atomic E-state index is 10.9. The molecular weight excluding hydrogens is 172 g/mol. The molecule has 0 aliphatic rings. The molecule has 0 aromatic carbocycles. The van der Waals surface area contributed by atoms with Crippen LogP contribution in [0.3, 0.4) is 0 Å². The van der Waals surface area contributed by atoms with Crippen molar-refractivity contribution in [2.45, 2.75) is 26.2 Å². The number of hydrogen-bond acceptors (Lipinski definition) is 2. The van der Waals surface area contributed by atoms with E-state index in [9.17, 15) is 4.79 Å². The van der Waals surface area contributed by atoms with Gasteiger partial charge in [-0.3, -0.25) is 0 Å². The molecule has 0 aromatic heterocycles. The standard InChI is InChI=1S/C8H18N2OS/c1-2-3-4-5-9-8(11)10-6-7-12/h12H,2-7H2,1H3,(H2,9,10,11). The molecule has 2 N–H and O–H groups in total. The minimum atomic E-state index is -0.0832. The zero-order valence-electron chi connectivity index (χ0n) is 7.60. The maximum Gasteiger partial charge on any atom is 0.314 e. The first kappa shape index (κ1) is 11.6. The van der Waals surface area contributed by atoms with E-state index in [-0.39, 0.29) is 6.03 Å². The molecular formula is C8H18N2OS. The van der Waals surface area contributed by atoms with Crippen molar-refractivity contribution in [2.24, 2.45) is 0 Å². The van der Waals surface area contributed by atoms with E-state index in [4.69, 9.17) is 0 Å². The highest BCUT2D eigenvalue weighted by molar-refractivity contribution is 7.80. The van der Waals surface area contributed by atoms with Crippen molar-refractivity contribution in [1.29, 1.82) is 0 Å². The summed E-state index contributed by atoms with van der Waals surface area (Å²) < 4.78 is 0. The minimum absolute atomic E-state index is 0.0832. The van der Waals surface area contributed by atoms with E-state index in [2.05, 4.69) is 30.2 Å². The number of nitrogens with one attached hydrogen (secondary N) is 2. The Kier molecular flexibility index (Phi) is 8.44. The first-order chi connectivity index (χ1) is 5.81. The molecule has 12 heavy (non-hydrogen) atoms. The summed E-state index contributed by atoms with van der Waals surface area (Å²) >= 11 is 3.98. The van der Waals surface area contributed by atoms with Gasteiger partial charge in [-0.2, -0.15) is 12.6 Å². The molecule has 4 heteroatoms. The second kappa shape index (κ2) is 8.71. The molecule has 0 radical (unpaired) electrons. The van der Waals surface area contributed by atoms with E-state index in [0.29, 0.717) is 12.3 Å². The van der Waals surface area contributed by atoms with Crippen LogP contribution in [0.1, 0.15) is 26.2 Å². The molecule has 0 saturated heterocycles. The van der Waals surface area contributed by atoms with Gasteiger partial charge in [0.15, 0.2) is 0 Å². The van der Waals surface area contributed by atoms with Crippen LogP contribution in [0, 0.1) is 0 Å². The molecule has 0 saturated carbocycles. The monoisotopic (exact) mass is 190 g/mol. The number of carbonyl (C=O) groups excluding carboxylic acids is 1. The second-order valence-electron chi connectivity index (χ2n) is 2.61. The van der Waals surface area contributed by atoms with Gasteiger partial charge in [-0.15, -0.1) is 0 Å². The molecule has 0 atom stereocenters. The Hall–Kier alpha value is -0.380. The number of rotatable bonds is 6. The van der Waals surface area contributed by atoms with Crippen LogP contribution in [0.4, 0.5) is 4.79 Å². The fraction of sp³-hybridized carbons (Fsp3) is 0.875. The minimum Gasteiger partial charge on any atom is -0.338 e. The predicted octanol–water partition coefficient (Wildman–Crippen LogP) is 1.41. The largest absolute Gasteiger partial charge is 0.338 e. The van der Waals surface area contributed by atoms with Gasteiger partial charge in [0.1, 0.15) is 0 Å². The lowest BCUT2D eigenvalue weighted by Crippen LogP contribution is -2.36. The molecule has 2 amide bonds. The van der Waals surface area contributed by atoms with Gasteiger partial charge in [0.05, 0.1) is 0 Å². The van der Waals surface area contributed by atoms with Crippen molar-refractivity contribution in [2.75, 3.05) is 18.8 Å². The lowest BCUT2D eigenvalue weighted by Gasteiger charge is -2.05. The van der Waals surface area contributed by atoms with Crippen LogP contribution in [0.2, 0.25) is 0 Å². The first-order valence-corrected chi connectivity index (χ1v) is 5.07. The third kappa shape index (κ3) is 7.72. The molecule has 0 unspecified atom stereocenters. The smallest absolute Gasteiger partial charge is 0.314 e. The van der Waals surface area contributed by atoms with Crippen LogP contribution < -0.4 is 10.6 Å². The average Bonchev–Trinajstić information content (AvgIpc) is 2.09. The second-order valence-corrected chi connectivity index (χ2v) is 3.06. The van der Waals surface area contributed by atoms with E-state index in [1.807, 2.05) is 0 Å². The quantitative estimate of drug-likeness (QED) is 0.430. The third-order valence-corrected chi connectivity index (χ3v) is 1.69. The Morgan fingerprint density at radius 3 is 2.50 bits per heavy atom. The molecule has 0 aliphatic carbocycles. The van der Waals surface area contributed by atoms with E-state index in [0.717, 1.165) is 13.0 Å². The van der Waals surface area contributed by atoms with E-state index >= 15 is 0 Å². The summed E-state index contributed by atoms with van der Waals surface area (Å²) in [5.41, 5.74) is 0. The summed E-state index contributed by atoms with van der Waals surface area (Å²) in [5.74, 6) is 0.683. The number of urea groups is 1. The number of thiol groups is 1. The zero-order valence-corrected chi connectivity index (χ0v) is 8.49. The molecule has 0 rings (SSSR count). The van der Waals surface area contributed by atoms with Crippen molar-refractivity contribution < 1.29 is 4.79 Å². The van der Waals surface area contributed by atoms with Gasteiger partial charge >= 0.3 is 6.03 Å². The van der Waals surface area contributed by atoms with Crippen LogP contribution in [0.5, 0.6) is 0 Å². The maximum atomic E-state index is 10.9. The van der Waals surface area contributed by atoms with E-state index < -0.39 is 0 Å². The molecule has 0 bridgehead atoms. The molecule has 0 fully saturated rings. The van der Waals surface area contributed by atoms with Gasteiger partial charge < -0.3 is 10.6 Å². The molecule has 0 aliphatic heterocycles. The Labute approximate surface area is 79.7 Å². The number of unbranched alkanes of at least 4 members (excludes halogenated alkanes) is 2. The van der Waals surface area contributed by atoms with Gasteiger partial charge in [-0.25, -0.2) is 4.79 Å². The summed E-state index contributed by atoms with van der Waals surface area (Å²) in [6, 6.07) is -0.0832. The molecule has 0 spiro atoms. The van der Waals surface area contributed by atoms with Gasteiger partial charge in [0.25, 0.3) is 0 Å². The highest BCUT2D eigenvalue weighted by Crippen LogP contribution is 1.90. The summed E-state index contributed by atoms with van der Waals surface area (Å²) in [6.45, 7) is 3.54. The van der Waals surface area contributed by atoms with Crippen LogP contribution in [-0.4, -0.2) is 24.9 Å². The number of carbonyl (C=O) groups is 1. The van der Waals surface area contributed by atoms with Crippen molar-refractivity contribution in [3.63, 3.8) is 0 Å². The number of hydrogen-bond donors (Lipinski definition) is 3. The normalized spacial score (nSPS) is 9.50. The van der Waals surface area contributed by atoms with Gasteiger partial charge in [0.2, 0.25) is 0 Å². The fourth-order valence-electron chi connectivity index (χ4n) is 0.809. The molecule has 72 valence electrons. The Balaban J connectivity index is 3.08. The third-order valence-electron chi connectivity index (χ3n) is 1.46. The fourth-order valence-corrected chi connectivity index (χ4v) is 0.921. The summed E-state index contributed by atoms with van der Waals surface area (Å²) in [5, 5.41) is 5.45. The highest BCUT2D eigenvalue weighted by atomic mass is 32.1. The van der Waals surface area contributed by atoms with Crippen LogP contribution >= 0.6 is 12.6 Å². The zero-order chi connectivity index (χ0) is 9.23. The average molecular weight is 190 g/mol. The van der Waals surface area contributed by atoms with Crippen molar-refractivity contribution in [3.8, 4) is 0 Å². The van der Waals surface area contributed by atoms with Crippen molar-refractivity contribution >= 4 is 18.7 Å². The van der Waals surface area contributed by atoms with Gasteiger partial charge in [-0.1, -0.05) is 19.8 Å². The summed E-state index contributed by atoms with van der Waals surface area (Å²) in [6.07, 6.45) is 3.41.